The molecule has 0 N–H and O–H groups in total. The van der Waals surface area contributed by atoms with Crippen molar-refractivity contribution in [3.8, 4) is 6.07 Å². The van der Waals surface area contributed by atoms with Gasteiger partial charge in [0.1, 0.15) is 11.2 Å². The van der Waals surface area contributed by atoms with Crippen molar-refractivity contribution in [1.29, 1.82) is 5.26 Å². The second-order valence-corrected chi connectivity index (χ2v) is 5.87. The van der Waals surface area contributed by atoms with Gasteiger partial charge in [-0.25, -0.2) is 14.4 Å². The van der Waals surface area contributed by atoms with Crippen LogP contribution in [-0.4, -0.2) is 0 Å². The van der Waals surface area contributed by atoms with Crippen LogP contribution in [0.3, 0.4) is 0 Å². The summed E-state index contributed by atoms with van der Waals surface area (Å²) in [4.78, 5) is 27.9. The van der Waals surface area contributed by atoms with Crippen molar-refractivity contribution < 1.29 is 8.83 Å². The van der Waals surface area contributed by atoms with E-state index in [1.807, 2.05) is 0 Å². The van der Waals surface area contributed by atoms with Gasteiger partial charge in [0.2, 0.25) is 5.69 Å². The first kappa shape index (κ1) is 14.2. The Hall–Kier alpha value is -4.16. The van der Waals surface area contributed by atoms with Crippen LogP contribution in [-0.2, 0) is 0 Å². The number of para-hydroxylation sites is 1. The van der Waals surface area contributed by atoms with Gasteiger partial charge in [0, 0.05) is 21.5 Å². The number of hydrogen-bond acceptors (Lipinski definition) is 5. The van der Waals surface area contributed by atoms with Crippen molar-refractivity contribution in [3.05, 3.63) is 74.2 Å². The number of hydrogen-bond donors (Lipinski definition) is 0. The van der Waals surface area contributed by atoms with E-state index in [1.165, 1.54) is 12.1 Å². The summed E-state index contributed by atoms with van der Waals surface area (Å²) >= 11 is 0. The van der Waals surface area contributed by atoms with E-state index in [0.29, 0.717) is 27.1 Å². The van der Waals surface area contributed by atoms with Gasteiger partial charge in [-0.05, 0) is 18.2 Å². The monoisotopic (exact) mass is 338 g/mol. The molecule has 120 valence electrons. The summed E-state index contributed by atoms with van der Waals surface area (Å²) in [6, 6.07) is 12.0. The lowest BCUT2D eigenvalue weighted by Gasteiger charge is -2.13. The number of benzene rings is 3. The van der Waals surface area contributed by atoms with E-state index in [-0.39, 0.29) is 27.6 Å². The van der Waals surface area contributed by atoms with E-state index >= 15 is 0 Å². The first-order valence-electron chi connectivity index (χ1n) is 7.63. The van der Waals surface area contributed by atoms with Gasteiger partial charge >= 0.3 is 11.3 Å². The Balaban J connectivity index is 2.34. The minimum Gasteiger partial charge on any atom is -0.467 e. The van der Waals surface area contributed by atoms with Crippen molar-refractivity contribution in [1.82, 2.24) is 0 Å². The molecule has 2 aromatic heterocycles. The maximum absolute atomic E-state index is 12.2. The lowest BCUT2D eigenvalue weighted by Crippen LogP contribution is -2.12. The summed E-state index contributed by atoms with van der Waals surface area (Å²) in [7, 11) is 0. The fourth-order valence-corrected chi connectivity index (χ4v) is 3.53. The third-order valence-electron chi connectivity index (χ3n) is 4.57. The van der Waals surface area contributed by atoms with Crippen LogP contribution in [0.4, 0.5) is 5.69 Å². The molecule has 26 heavy (non-hydrogen) atoms. The molecule has 6 nitrogen and oxygen atoms in total. The van der Waals surface area contributed by atoms with E-state index in [0.717, 1.165) is 0 Å². The molecule has 0 aliphatic carbocycles. The first-order valence-corrected chi connectivity index (χ1v) is 7.63. The van der Waals surface area contributed by atoms with E-state index in [2.05, 4.69) is 10.9 Å². The van der Waals surface area contributed by atoms with Crippen LogP contribution in [0.5, 0.6) is 0 Å². The van der Waals surface area contributed by atoms with Crippen molar-refractivity contribution in [2.75, 3.05) is 0 Å². The summed E-state index contributed by atoms with van der Waals surface area (Å²) in [5, 5.41) is 11.9. The molecule has 0 aliphatic rings. The zero-order valence-corrected chi connectivity index (χ0v) is 13.0. The van der Waals surface area contributed by atoms with Gasteiger partial charge in [-0.1, -0.05) is 18.2 Å². The van der Waals surface area contributed by atoms with Gasteiger partial charge in [-0.3, -0.25) is 0 Å². The Morgan fingerprint density at radius 2 is 1.65 bits per heavy atom. The Labute approximate surface area is 144 Å². The average molecular weight is 338 g/mol. The van der Waals surface area contributed by atoms with Gasteiger partial charge < -0.3 is 8.83 Å². The predicted octanol–water partition coefficient (Wildman–Crippen LogP) is 4.07. The minimum atomic E-state index is -0.814. The van der Waals surface area contributed by atoms with Crippen molar-refractivity contribution in [2.24, 2.45) is 0 Å². The number of fused-ring (bicyclic) bond motifs is 2. The van der Waals surface area contributed by atoms with E-state index in [1.54, 1.807) is 24.3 Å². The maximum atomic E-state index is 12.2. The van der Waals surface area contributed by atoms with Gasteiger partial charge in [-0.15, -0.1) is 0 Å². The molecule has 0 aliphatic heterocycles. The van der Waals surface area contributed by atoms with Crippen molar-refractivity contribution >= 4 is 49.2 Å². The van der Waals surface area contributed by atoms with Crippen LogP contribution in [0.25, 0.3) is 48.3 Å². The number of nitriles is 1. The Morgan fingerprint density at radius 3 is 2.38 bits per heavy atom. The van der Waals surface area contributed by atoms with Crippen LogP contribution < -0.4 is 11.3 Å². The highest BCUT2D eigenvalue weighted by molar-refractivity contribution is 6.29. The number of nitrogens with zero attached hydrogens (tertiary/aromatic N) is 2. The quantitative estimate of drug-likeness (QED) is 0.241. The Bertz CT molecular complexity index is 1560. The van der Waals surface area contributed by atoms with Gasteiger partial charge in [-0.2, -0.15) is 5.26 Å². The Kier molecular flexibility index (Phi) is 2.56. The average Bonchev–Trinajstić information content (AvgIpc) is 2.67. The normalized spacial score (nSPS) is 11.3. The molecule has 0 saturated heterocycles. The van der Waals surface area contributed by atoms with E-state index in [9.17, 15) is 14.9 Å². The molecular weight excluding hydrogens is 332 g/mol. The molecule has 3 aromatic carbocycles. The van der Waals surface area contributed by atoms with E-state index in [4.69, 9.17) is 15.4 Å². The first-order chi connectivity index (χ1) is 12.6. The van der Waals surface area contributed by atoms with Gasteiger partial charge in [0.15, 0.2) is 0 Å². The number of rotatable bonds is 0. The topological polar surface area (TPSA) is 88.6 Å². The minimum absolute atomic E-state index is 0.121. The summed E-state index contributed by atoms with van der Waals surface area (Å²) in [5.74, 6) is 0. The largest absolute Gasteiger partial charge is 0.467 e. The molecule has 5 rings (SSSR count). The summed E-state index contributed by atoms with van der Waals surface area (Å²) in [6.07, 6.45) is 0. The van der Waals surface area contributed by atoms with E-state index < -0.39 is 11.3 Å². The van der Waals surface area contributed by atoms with Crippen LogP contribution in [0.15, 0.2) is 54.8 Å². The summed E-state index contributed by atoms with van der Waals surface area (Å²) in [6.45, 7) is 7.45. The zero-order chi connectivity index (χ0) is 18.0. The standard InChI is InChI=1S/C20H6N2O4/c1-22-13-7-12-16-11(19(23)26-20(12)24)6-9(8-21)15-10-4-2-3-5-14(10)25-18(13)17(15)16/h2-7H. The van der Waals surface area contributed by atoms with Gasteiger partial charge in [0.05, 0.1) is 29.0 Å². The van der Waals surface area contributed by atoms with Gasteiger partial charge in [0.25, 0.3) is 0 Å². The molecule has 0 fully saturated rings. The molecule has 0 amide bonds. The molecule has 5 aromatic rings. The lowest BCUT2D eigenvalue weighted by molar-refractivity contribution is 0.489. The molecule has 0 spiro atoms. The molecule has 0 atom stereocenters. The van der Waals surface area contributed by atoms with Crippen LogP contribution in [0, 0.1) is 17.9 Å². The highest BCUT2D eigenvalue weighted by Gasteiger charge is 2.22. The van der Waals surface area contributed by atoms with Crippen LogP contribution in [0.2, 0.25) is 0 Å². The van der Waals surface area contributed by atoms with Crippen molar-refractivity contribution in [3.63, 3.8) is 0 Å². The molecule has 0 unspecified atom stereocenters. The van der Waals surface area contributed by atoms with Crippen molar-refractivity contribution in [2.45, 2.75) is 0 Å². The molecule has 2 heterocycles. The fraction of sp³-hybridized carbons (Fsp3) is 0. The molecule has 0 radical (unpaired) electrons. The molecule has 0 saturated carbocycles. The highest BCUT2D eigenvalue weighted by Crippen LogP contribution is 2.42. The highest BCUT2D eigenvalue weighted by atomic mass is 16.4. The molecule has 6 heteroatoms. The smallest absolute Gasteiger partial charge is 0.346 e. The second kappa shape index (κ2) is 4.69. The third-order valence-corrected chi connectivity index (χ3v) is 4.57. The maximum Gasteiger partial charge on any atom is 0.346 e. The molecule has 0 bridgehead atoms. The zero-order valence-electron chi connectivity index (χ0n) is 13.0. The summed E-state index contributed by atoms with van der Waals surface area (Å²) in [5.41, 5.74) is -0.499. The Morgan fingerprint density at radius 1 is 0.923 bits per heavy atom. The van der Waals surface area contributed by atoms with Crippen LogP contribution >= 0.6 is 0 Å². The second-order valence-electron chi connectivity index (χ2n) is 5.87. The predicted molar refractivity (Wildman–Crippen MR) is 95.7 cm³/mol. The lowest BCUT2D eigenvalue weighted by atomic mass is 9.93. The molecular formula is C20H6N2O4. The van der Waals surface area contributed by atoms with Crippen LogP contribution in [0.1, 0.15) is 5.56 Å². The third kappa shape index (κ3) is 1.58. The SMILES string of the molecule is [C-]#[N+]c1cc2c(=O)oc(=O)c3cc(C#N)c4c5ccccc5oc1c4c23. The fourth-order valence-electron chi connectivity index (χ4n) is 3.53. The summed E-state index contributed by atoms with van der Waals surface area (Å²) < 4.78 is 10.7.